The molecule has 0 atom stereocenters. The lowest BCUT2D eigenvalue weighted by atomic mass is 9.95. The molecule has 0 heterocycles. The van der Waals surface area contributed by atoms with Crippen molar-refractivity contribution in [2.75, 3.05) is 7.11 Å². The van der Waals surface area contributed by atoms with Crippen LogP contribution in [-0.2, 0) is 0 Å². The van der Waals surface area contributed by atoms with Gasteiger partial charge in [-0.15, -0.1) is 0 Å². The maximum Gasteiger partial charge on any atom is 0.164 e. The molecule has 0 unspecified atom stereocenters. The highest BCUT2D eigenvalue weighted by Gasteiger charge is 2.05. The summed E-state index contributed by atoms with van der Waals surface area (Å²) in [6.45, 7) is 0. The average Bonchev–Trinajstić information content (AvgIpc) is 1.97. The van der Waals surface area contributed by atoms with Gasteiger partial charge in [0.25, 0.3) is 0 Å². The summed E-state index contributed by atoms with van der Waals surface area (Å²) in [5, 5.41) is 0. The van der Waals surface area contributed by atoms with Crippen LogP contribution in [0.25, 0.3) is 0 Å². The van der Waals surface area contributed by atoms with Crippen LogP contribution in [0.5, 0.6) is 5.75 Å². The topological polar surface area (TPSA) is 9.23 Å². The third kappa shape index (κ3) is 1.50. The lowest BCUT2D eigenvalue weighted by Gasteiger charge is -2.02. The van der Waals surface area contributed by atoms with Crippen LogP contribution < -0.4 is 10.2 Å². The molecule has 0 N–H and O–H groups in total. The van der Waals surface area contributed by atoms with Crippen molar-refractivity contribution in [2.24, 2.45) is 0 Å². The molecule has 0 aliphatic rings. The van der Waals surface area contributed by atoms with Gasteiger partial charge in [0.2, 0.25) is 0 Å². The molecule has 1 aromatic carbocycles. The molecular formula is C7H5BF2O. The summed E-state index contributed by atoms with van der Waals surface area (Å²) in [5.41, 5.74) is -0.219. The number of rotatable bonds is 1. The Labute approximate surface area is 64.4 Å². The number of hydrogen-bond acceptors (Lipinski definition) is 1. The van der Waals surface area contributed by atoms with Gasteiger partial charge in [-0.1, -0.05) is 5.46 Å². The average molecular weight is 154 g/mol. The molecule has 0 amide bonds. The Hall–Kier alpha value is -1.06. The molecular weight excluding hydrogens is 149 g/mol. The van der Waals surface area contributed by atoms with Crippen molar-refractivity contribution in [3.63, 3.8) is 0 Å². The number of ether oxygens (including phenoxy) is 1. The monoisotopic (exact) mass is 154 g/mol. The smallest absolute Gasteiger partial charge is 0.164 e. The SMILES string of the molecule is [B]c1cc(F)c(OC)cc1F. The number of halogens is 2. The second kappa shape index (κ2) is 2.90. The summed E-state index contributed by atoms with van der Waals surface area (Å²) in [6.07, 6.45) is 0. The van der Waals surface area contributed by atoms with Crippen molar-refractivity contribution in [1.82, 2.24) is 0 Å². The predicted octanol–water partition coefficient (Wildman–Crippen LogP) is 0.767. The van der Waals surface area contributed by atoms with E-state index >= 15 is 0 Å². The normalized spacial score (nSPS) is 9.73. The summed E-state index contributed by atoms with van der Waals surface area (Å²) < 4.78 is 29.7. The van der Waals surface area contributed by atoms with Gasteiger partial charge in [0.05, 0.1) is 7.11 Å². The van der Waals surface area contributed by atoms with Crippen molar-refractivity contribution < 1.29 is 13.5 Å². The zero-order chi connectivity index (χ0) is 8.43. The molecule has 1 rings (SSSR count). The highest BCUT2D eigenvalue weighted by molar-refractivity contribution is 6.32. The summed E-state index contributed by atoms with van der Waals surface area (Å²) in [7, 11) is 6.33. The minimum atomic E-state index is -0.678. The molecule has 2 radical (unpaired) electrons. The van der Waals surface area contributed by atoms with Gasteiger partial charge in [-0.2, -0.15) is 0 Å². The van der Waals surface area contributed by atoms with Gasteiger partial charge in [-0.05, 0) is 6.07 Å². The molecule has 0 aliphatic carbocycles. The Morgan fingerprint density at radius 2 is 1.91 bits per heavy atom. The fourth-order valence-electron chi connectivity index (χ4n) is 0.700. The fraction of sp³-hybridized carbons (Fsp3) is 0.143. The summed E-state index contributed by atoms with van der Waals surface area (Å²) in [5.74, 6) is -1.48. The third-order valence-corrected chi connectivity index (χ3v) is 1.27. The van der Waals surface area contributed by atoms with E-state index in [1.54, 1.807) is 0 Å². The Kier molecular flexibility index (Phi) is 2.12. The van der Waals surface area contributed by atoms with Crippen molar-refractivity contribution in [1.29, 1.82) is 0 Å². The molecule has 56 valence electrons. The van der Waals surface area contributed by atoms with Crippen molar-refractivity contribution in [3.8, 4) is 5.75 Å². The van der Waals surface area contributed by atoms with Crippen LogP contribution in [0.4, 0.5) is 8.78 Å². The maximum atomic E-state index is 12.7. The van der Waals surface area contributed by atoms with Gasteiger partial charge in [-0.25, -0.2) is 8.78 Å². The molecule has 0 spiro atoms. The molecule has 0 aliphatic heterocycles. The minimum absolute atomic E-state index is 0.142. The molecule has 4 heteroatoms. The predicted molar refractivity (Wildman–Crippen MR) is 38.3 cm³/mol. The minimum Gasteiger partial charge on any atom is -0.494 e. The van der Waals surface area contributed by atoms with Gasteiger partial charge in [-0.3, -0.25) is 0 Å². The summed E-state index contributed by atoms with van der Waals surface area (Å²) >= 11 is 0. The van der Waals surface area contributed by atoms with Crippen LogP contribution in [0.15, 0.2) is 12.1 Å². The van der Waals surface area contributed by atoms with E-state index in [1.807, 2.05) is 0 Å². The van der Waals surface area contributed by atoms with Crippen LogP contribution in [0.1, 0.15) is 0 Å². The molecule has 0 saturated heterocycles. The second-order valence-electron chi connectivity index (χ2n) is 2.01. The van der Waals surface area contributed by atoms with Crippen LogP contribution in [0, 0.1) is 11.6 Å². The first-order valence-corrected chi connectivity index (χ1v) is 2.93. The van der Waals surface area contributed by atoms with E-state index in [9.17, 15) is 8.78 Å². The molecule has 1 nitrogen and oxygen atoms in total. The lowest BCUT2D eigenvalue weighted by molar-refractivity contribution is 0.383. The standard InChI is InChI=1S/C7H5BF2O/c1-11-7-3-5(9)4(8)2-6(7)10/h2-3H,1H3. The van der Waals surface area contributed by atoms with Gasteiger partial charge in [0.1, 0.15) is 13.7 Å². The van der Waals surface area contributed by atoms with Gasteiger partial charge in [0.15, 0.2) is 11.6 Å². The van der Waals surface area contributed by atoms with Gasteiger partial charge >= 0.3 is 0 Å². The molecule has 1 aromatic rings. The van der Waals surface area contributed by atoms with Crippen LogP contribution in [-0.4, -0.2) is 15.0 Å². The van der Waals surface area contributed by atoms with Gasteiger partial charge in [0, 0.05) is 6.07 Å². The molecule has 11 heavy (non-hydrogen) atoms. The molecule has 0 aromatic heterocycles. The van der Waals surface area contributed by atoms with Crippen LogP contribution in [0.2, 0.25) is 0 Å². The number of hydrogen-bond donors (Lipinski definition) is 0. The van der Waals surface area contributed by atoms with Gasteiger partial charge < -0.3 is 4.74 Å². The Morgan fingerprint density at radius 1 is 1.27 bits per heavy atom. The lowest BCUT2D eigenvalue weighted by Crippen LogP contribution is -2.09. The van der Waals surface area contributed by atoms with Crippen LogP contribution in [0.3, 0.4) is 0 Å². The zero-order valence-electron chi connectivity index (χ0n) is 5.90. The quantitative estimate of drug-likeness (QED) is 0.542. The Balaban J connectivity index is 3.21. The Bertz CT molecular complexity index is 275. The third-order valence-electron chi connectivity index (χ3n) is 1.27. The van der Waals surface area contributed by atoms with E-state index in [0.29, 0.717) is 0 Å². The van der Waals surface area contributed by atoms with E-state index in [0.717, 1.165) is 12.1 Å². The van der Waals surface area contributed by atoms with Crippen molar-refractivity contribution >= 4 is 13.3 Å². The van der Waals surface area contributed by atoms with Crippen molar-refractivity contribution in [2.45, 2.75) is 0 Å². The number of methoxy groups -OCH3 is 1. The molecule has 0 fully saturated rings. The number of benzene rings is 1. The second-order valence-corrected chi connectivity index (χ2v) is 2.01. The first kappa shape index (κ1) is 8.05. The zero-order valence-corrected chi connectivity index (χ0v) is 5.90. The van der Waals surface area contributed by atoms with Crippen LogP contribution >= 0.6 is 0 Å². The highest BCUT2D eigenvalue weighted by atomic mass is 19.1. The summed E-state index contributed by atoms with van der Waals surface area (Å²) in [6, 6.07) is 1.79. The molecule has 0 bridgehead atoms. The van der Waals surface area contributed by atoms with E-state index in [-0.39, 0.29) is 11.2 Å². The van der Waals surface area contributed by atoms with Crippen molar-refractivity contribution in [3.05, 3.63) is 23.8 Å². The van der Waals surface area contributed by atoms with E-state index < -0.39 is 11.6 Å². The first-order chi connectivity index (χ1) is 5.15. The first-order valence-electron chi connectivity index (χ1n) is 2.93. The van der Waals surface area contributed by atoms with E-state index in [1.165, 1.54) is 7.11 Å². The Morgan fingerprint density at radius 3 is 2.45 bits per heavy atom. The fourth-order valence-corrected chi connectivity index (χ4v) is 0.700. The highest BCUT2D eigenvalue weighted by Crippen LogP contribution is 2.15. The summed E-state index contributed by atoms with van der Waals surface area (Å²) in [4.78, 5) is 0. The van der Waals surface area contributed by atoms with E-state index in [4.69, 9.17) is 7.85 Å². The molecule has 0 saturated carbocycles. The largest absolute Gasteiger partial charge is 0.494 e. The van der Waals surface area contributed by atoms with E-state index in [2.05, 4.69) is 4.74 Å². The maximum absolute atomic E-state index is 12.7.